The molecule has 0 unspecified atom stereocenters. The summed E-state index contributed by atoms with van der Waals surface area (Å²) in [7, 11) is 0. The molecule has 1 aromatic rings. The molecule has 0 radical (unpaired) electrons. The van der Waals surface area contributed by atoms with Crippen LogP contribution in [-0.4, -0.2) is 30.1 Å². The van der Waals surface area contributed by atoms with Crippen LogP contribution in [0.3, 0.4) is 0 Å². The molecular formula is C11H13NO5. The number of ether oxygens (including phenoxy) is 2. The van der Waals surface area contributed by atoms with Crippen molar-refractivity contribution in [2.45, 2.75) is 13.8 Å². The second kappa shape index (κ2) is 5.83. The van der Waals surface area contributed by atoms with Crippen LogP contribution in [0.5, 0.6) is 0 Å². The number of aromatic amines is 1. The maximum atomic E-state index is 11.5. The number of carbonyl (C=O) groups is 2. The van der Waals surface area contributed by atoms with Gasteiger partial charge in [0.2, 0.25) is 0 Å². The molecule has 17 heavy (non-hydrogen) atoms. The standard InChI is InChI=1S/C11H13NO5/c1-3-16-10(14)7-6-12-8(5-9(7)13)11(15)17-4-2/h5-6H,3-4H2,1-2H3,(H,12,13). The van der Waals surface area contributed by atoms with Crippen LogP contribution in [0, 0.1) is 0 Å². The average molecular weight is 239 g/mol. The summed E-state index contributed by atoms with van der Waals surface area (Å²) < 4.78 is 9.39. The van der Waals surface area contributed by atoms with Gasteiger partial charge in [-0.05, 0) is 13.8 Å². The number of pyridine rings is 1. The zero-order valence-corrected chi connectivity index (χ0v) is 9.61. The summed E-state index contributed by atoms with van der Waals surface area (Å²) in [4.78, 5) is 36.7. The number of rotatable bonds is 4. The molecule has 0 saturated heterocycles. The molecule has 0 aliphatic heterocycles. The first kappa shape index (κ1) is 13.0. The monoisotopic (exact) mass is 239 g/mol. The maximum absolute atomic E-state index is 11.5. The molecule has 0 spiro atoms. The molecule has 0 saturated carbocycles. The lowest BCUT2D eigenvalue weighted by molar-refractivity contribution is 0.0504. The van der Waals surface area contributed by atoms with Crippen LogP contribution in [0.2, 0.25) is 0 Å². The van der Waals surface area contributed by atoms with Crippen molar-refractivity contribution in [3.8, 4) is 0 Å². The van der Waals surface area contributed by atoms with Gasteiger partial charge in [0.15, 0.2) is 5.43 Å². The van der Waals surface area contributed by atoms with E-state index < -0.39 is 17.4 Å². The topological polar surface area (TPSA) is 85.5 Å². The molecule has 1 N–H and O–H groups in total. The Labute approximate surface area is 97.6 Å². The lowest BCUT2D eigenvalue weighted by Crippen LogP contribution is -2.20. The molecule has 0 amide bonds. The van der Waals surface area contributed by atoms with E-state index in [1.54, 1.807) is 13.8 Å². The normalized spacial score (nSPS) is 9.76. The fourth-order valence-electron chi connectivity index (χ4n) is 1.17. The highest BCUT2D eigenvalue weighted by Crippen LogP contribution is 1.98. The summed E-state index contributed by atoms with van der Waals surface area (Å²) in [6.07, 6.45) is 1.15. The van der Waals surface area contributed by atoms with E-state index in [4.69, 9.17) is 4.74 Å². The largest absolute Gasteiger partial charge is 0.462 e. The van der Waals surface area contributed by atoms with Crippen molar-refractivity contribution in [1.29, 1.82) is 0 Å². The highest BCUT2D eigenvalue weighted by molar-refractivity contribution is 5.91. The number of hydrogen-bond donors (Lipinski definition) is 1. The van der Waals surface area contributed by atoms with Gasteiger partial charge in [-0.25, -0.2) is 9.59 Å². The second-order valence-electron chi connectivity index (χ2n) is 3.07. The van der Waals surface area contributed by atoms with Crippen molar-refractivity contribution < 1.29 is 19.1 Å². The third-order valence-electron chi connectivity index (χ3n) is 1.90. The molecule has 0 fully saturated rings. The van der Waals surface area contributed by atoms with Crippen LogP contribution in [0.25, 0.3) is 0 Å². The Morgan fingerprint density at radius 2 is 1.76 bits per heavy atom. The molecule has 0 aromatic carbocycles. The van der Waals surface area contributed by atoms with E-state index in [0.717, 1.165) is 12.3 Å². The second-order valence-corrected chi connectivity index (χ2v) is 3.07. The zero-order valence-electron chi connectivity index (χ0n) is 9.61. The van der Waals surface area contributed by atoms with E-state index in [1.807, 2.05) is 0 Å². The first-order chi connectivity index (χ1) is 8.10. The van der Waals surface area contributed by atoms with Crippen LogP contribution in [-0.2, 0) is 9.47 Å². The van der Waals surface area contributed by atoms with Crippen molar-refractivity contribution in [3.63, 3.8) is 0 Å². The van der Waals surface area contributed by atoms with Gasteiger partial charge in [0, 0.05) is 12.3 Å². The number of aromatic nitrogens is 1. The number of H-pyrrole nitrogens is 1. The summed E-state index contributed by atoms with van der Waals surface area (Å²) >= 11 is 0. The van der Waals surface area contributed by atoms with Crippen molar-refractivity contribution in [2.24, 2.45) is 0 Å². The van der Waals surface area contributed by atoms with Gasteiger partial charge in [0.25, 0.3) is 0 Å². The van der Waals surface area contributed by atoms with Crippen molar-refractivity contribution in [1.82, 2.24) is 4.98 Å². The summed E-state index contributed by atoms with van der Waals surface area (Å²) in [6.45, 7) is 3.68. The fraction of sp³-hybridized carbons (Fsp3) is 0.364. The SMILES string of the molecule is CCOC(=O)c1cc(=O)c(C(=O)OCC)c[nH]1. The van der Waals surface area contributed by atoms with E-state index in [0.29, 0.717) is 0 Å². The van der Waals surface area contributed by atoms with Crippen molar-refractivity contribution in [3.05, 3.63) is 33.7 Å². The Morgan fingerprint density at radius 1 is 1.18 bits per heavy atom. The minimum atomic E-state index is -0.718. The summed E-state index contributed by atoms with van der Waals surface area (Å²) in [6, 6.07) is 1.02. The van der Waals surface area contributed by atoms with Gasteiger partial charge in [0.1, 0.15) is 11.3 Å². The van der Waals surface area contributed by atoms with Crippen molar-refractivity contribution >= 4 is 11.9 Å². The van der Waals surface area contributed by atoms with E-state index in [2.05, 4.69) is 9.72 Å². The molecule has 1 rings (SSSR count). The lowest BCUT2D eigenvalue weighted by Gasteiger charge is -2.03. The number of hydrogen-bond acceptors (Lipinski definition) is 5. The Hall–Kier alpha value is -2.11. The molecule has 1 aromatic heterocycles. The lowest BCUT2D eigenvalue weighted by atomic mass is 10.2. The predicted octanol–water partition coefficient (Wildman–Crippen LogP) is 0.728. The first-order valence-electron chi connectivity index (χ1n) is 5.17. The fourth-order valence-corrected chi connectivity index (χ4v) is 1.17. The Kier molecular flexibility index (Phi) is 4.45. The van der Waals surface area contributed by atoms with Crippen LogP contribution < -0.4 is 5.43 Å². The van der Waals surface area contributed by atoms with Crippen LogP contribution >= 0.6 is 0 Å². The predicted molar refractivity (Wildman–Crippen MR) is 59.0 cm³/mol. The molecule has 1 heterocycles. The van der Waals surface area contributed by atoms with Crippen molar-refractivity contribution in [2.75, 3.05) is 13.2 Å². The maximum Gasteiger partial charge on any atom is 0.354 e. The number of esters is 2. The Morgan fingerprint density at radius 3 is 2.29 bits per heavy atom. The van der Waals surface area contributed by atoms with E-state index >= 15 is 0 Å². The summed E-state index contributed by atoms with van der Waals surface area (Å²) in [5.74, 6) is -1.36. The van der Waals surface area contributed by atoms with Gasteiger partial charge >= 0.3 is 11.9 Å². The Balaban J connectivity index is 2.98. The van der Waals surface area contributed by atoms with Gasteiger partial charge < -0.3 is 14.5 Å². The number of carbonyl (C=O) groups excluding carboxylic acids is 2. The first-order valence-corrected chi connectivity index (χ1v) is 5.17. The number of nitrogens with one attached hydrogen (secondary N) is 1. The third kappa shape index (κ3) is 3.17. The molecule has 0 aliphatic rings. The van der Waals surface area contributed by atoms with Crippen LogP contribution in [0.4, 0.5) is 0 Å². The van der Waals surface area contributed by atoms with E-state index in [9.17, 15) is 14.4 Å². The van der Waals surface area contributed by atoms with E-state index in [1.165, 1.54) is 0 Å². The Bertz CT molecular complexity index is 477. The highest BCUT2D eigenvalue weighted by Gasteiger charge is 2.14. The molecule has 0 bridgehead atoms. The minimum Gasteiger partial charge on any atom is -0.462 e. The molecule has 92 valence electrons. The summed E-state index contributed by atoms with van der Waals surface area (Å²) in [5.41, 5.74) is -0.713. The molecule has 6 heteroatoms. The molecule has 0 atom stereocenters. The van der Waals surface area contributed by atoms with Gasteiger partial charge in [0.05, 0.1) is 13.2 Å². The van der Waals surface area contributed by atoms with Gasteiger partial charge in [-0.15, -0.1) is 0 Å². The zero-order chi connectivity index (χ0) is 12.8. The van der Waals surface area contributed by atoms with E-state index in [-0.39, 0.29) is 24.5 Å². The quantitative estimate of drug-likeness (QED) is 0.783. The summed E-state index contributed by atoms with van der Waals surface area (Å²) in [5, 5.41) is 0. The molecular weight excluding hydrogens is 226 g/mol. The molecule has 0 aliphatic carbocycles. The average Bonchev–Trinajstić information content (AvgIpc) is 2.29. The highest BCUT2D eigenvalue weighted by atomic mass is 16.5. The smallest absolute Gasteiger partial charge is 0.354 e. The van der Waals surface area contributed by atoms with Gasteiger partial charge in [-0.1, -0.05) is 0 Å². The van der Waals surface area contributed by atoms with Gasteiger partial charge in [-0.3, -0.25) is 4.79 Å². The van der Waals surface area contributed by atoms with Gasteiger partial charge in [-0.2, -0.15) is 0 Å². The minimum absolute atomic E-state index is 0.00454. The molecule has 6 nitrogen and oxygen atoms in total. The van der Waals surface area contributed by atoms with Crippen LogP contribution in [0.15, 0.2) is 17.1 Å². The third-order valence-corrected chi connectivity index (χ3v) is 1.90. The van der Waals surface area contributed by atoms with Crippen LogP contribution in [0.1, 0.15) is 34.7 Å².